The van der Waals surface area contributed by atoms with Crippen LogP contribution >= 0.6 is 0 Å². The molecule has 0 atom stereocenters. The fourth-order valence-electron chi connectivity index (χ4n) is 1.32. The van der Waals surface area contributed by atoms with E-state index in [1.807, 2.05) is 0 Å². The molecule has 0 fully saturated rings. The van der Waals surface area contributed by atoms with Gasteiger partial charge in [0.15, 0.2) is 0 Å². The molecule has 0 spiro atoms. The summed E-state index contributed by atoms with van der Waals surface area (Å²) in [5.74, 6) is 0. The molecule has 0 aliphatic carbocycles. The van der Waals surface area contributed by atoms with Gasteiger partial charge in [-0.05, 0) is 26.0 Å². The van der Waals surface area contributed by atoms with Crippen LogP contribution in [-0.4, -0.2) is 23.0 Å². The average molecular weight is 207 g/mol. The highest BCUT2D eigenvalue weighted by atomic mass is 16.4. The molecule has 0 saturated heterocycles. The van der Waals surface area contributed by atoms with Crippen LogP contribution in [0.3, 0.4) is 0 Å². The topological polar surface area (TPSA) is 57.6 Å². The van der Waals surface area contributed by atoms with Gasteiger partial charge < -0.3 is 9.90 Å². The van der Waals surface area contributed by atoms with Gasteiger partial charge in [0.1, 0.15) is 11.8 Å². The molecule has 0 aromatic heterocycles. The number of rotatable bonds is 3. The number of amides is 1. The number of para-hydroxylation sites is 1. The zero-order valence-corrected chi connectivity index (χ0v) is 8.68. The van der Waals surface area contributed by atoms with E-state index in [0.717, 1.165) is 4.90 Å². The van der Waals surface area contributed by atoms with Gasteiger partial charge in [0.25, 0.3) is 0 Å². The van der Waals surface area contributed by atoms with Gasteiger partial charge in [0.05, 0.1) is 0 Å². The molecule has 1 aromatic rings. The predicted octanol–water partition coefficient (Wildman–Crippen LogP) is 2.15. The second kappa shape index (κ2) is 4.13. The Labute approximate surface area is 88.1 Å². The van der Waals surface area contributed by atoms with Gasteiger partial charge in [-0.25, -0.2) is 4.79 Å². The fourth-order valence-corrected chi connectivity index (χ4v) is 1.32. The maximum atomic E-state index is 11.1. The van der Waals surface area contributed by atoms with Gasteiger partial charge in [-0.1, -0.05) is 18.2 Å². The largest absolute Gasteiger partial charge is 0.465 e. The van der Waals surface area contributed by atoms with E-state index in [2.05, 4.69) is 0 Å². The Morgan fingerprint density at radius 1 is 1.33 bits per heavy atom. The SMILES string of the molecule is CC(C)(C=O)N(C(=O)O)c1ccccc1. The maximum absolute atomic E-state index is 11.1. The molecule has 0 radical (unpaired) electrons. The second-order valence-electron chi connectivity index (χ2n) is 3.73. The van der Waals surface area contributed by atoms with E-state index >= 15 is 0 Å². The van der Waals surface area contributed by atoms with Crippen LogP contribution < -0.4 is 4.90 Å². The molecular formula is C11H13NO3. The van der Waals surface area contributed by atoms with E-state index in [1.165, 1.54) is 0 Å². The zero-order chi connectivity index (χ0) is 11.5. The van der Waals surface area contributed by atoms with Gasteiger partial charge in [0, 0.05) is 5.69 Å². The van der Waals surface area contributed by atoms with Crippen LogP contribution in [0.15, 0.2) is 30.3 Å². The highest BCUT2D eigenvalue weighted by Gasteiger charge is 2.31. The van der Waals surface area contributed by atoms with Crippen molar-refractivity contribution < 1.29 is 14.7 Å². The van der Waals surface area contributed by atoms with E-state index in [4.69, 9.17) is 5.11 Å². The van der Waals surface area contributed by atoms with Crippen LogP contribution in [0.4, 0.5) is 10.5 Å². The molecular weight excluding hydrogens is 194 g/mol. The van der Waals surface area contributed by atoms with Crippen LogP contribution in [0, 0.1) is 0 Å². The zero-order valence-electron chi connectivity index (χ0n) is 8.68. The van der Waals surface area contributed by atoms with E-state index < -0.39 is 11.6 Å². The van der Waals surface area contributed by atoms with Gasteiger partial charge >= 0.3 is 6.09 Å². The number of carbonyl (C=O) groups excluding carboxylic acids is 1. The summed E-state index contributed by atoms with van der Waals surface area (Å²) in [6.45, 7) is 3.11. The minimum absolute atomic E-state index is 0.488. The van der Waals surface area contributed by atoms with Crippen LogP contribution in [0.5, 0.6) is 0 Å². The number of benzene rings is 1. The molecule has 1 aromatic carbocycles. The van der Waals surface area contributed by atoms with Gasteiger partial charge in [-0.3, -0.25) is 4.90 Å². The summed E-state index contributed by atoms with van der Waals surface area (Å²) >= 11 is 0. The van der Waals surface area contributed by atoms with Gasteiger partial charge in [0.2, 0.25) is 0 Å². The molecule has 0 aliphatic rings. The summed E-state index contributed by atoms with van der Waals surface area (Å²) < 4.78 is 0. The van der Waals surface area contributed by atoms with Crippen LogP contribution in [0.2, 0.25) is 0 Å². The molecule has 80 valence electrons. The number of carbonyl (C=O) groups is 2. The Bertz CT molecular complexity index is 359. The highest BCUT2D eigenvalue weighted by Crippen LogP contribution is 2.22. The van der Waals surface area contributed by atoms with Gasteiger partial charge in [-0.15, -0.1) is 0 Å². The maximum Gasteiger partial charge on any atom is 0.412 e. The third-order valence-electron chi connectivity index (χ3n) is 2.07. The number of aldehydes is 1. The number of anilines is 1. The average Bonchev–Trinajstić information content (AvgIpc) is 2.18. The summed E-state index contributed by atoms with van der Waals surface area (Å²) in [6, 6.07) is 8.55. The Kier molecular flexibility index (Phi) is 3.09. The van der Waals surface area contributed by atoms with Crippen molar-refractivity contribution in [3.05, 3.63) is 30.3 Å². The first-order chi connectivity index (χ1) is 6.99. The first-order valence-corrected chi connectivity index (χ1v) is 4.53. The first kappa shape index (κ1) is 11.2. The molecule has 0 bridgehead atoms. The summed E-state index contributed by atoms with van der Waals surface area (Å²) in [5.41, 5.74) is -0.574. The van der Waals surface area contributed by atoms with Crippen molar-refractivity contribution in [2.75, 3.05) is 4.90 Å². The molecule has 1 N–H and O–H groups in total. The van der Waals surface area contributed by atoms with E-state index in [0.29, 0.717) is 12.0 Å². The van der Waals surface area contributed by atoms with Crippen molar-refractivity contribution in [3.8, 4) is 0 Å². The minimum Gasteiger partial charge on any atom is -0.465 e. The van der Waals surface area contributed by atoms with Crippen molar-refractivity contribution in [1.82, 2.24) is 0 Å². The molecule has 4 nitrogen and oxygen atoms in total. The Balaban J connectivity index is 3.15. The first-order valence-electron chi connectivity index (χ1n) is 4.53. The van der Waals surface area contributed by atoms with Crippen LogP contribution in [-0.2, 0) is 4.79 Å². The quantitative estimate of drug-likeness (QED) is 0.772. The normalized spacial score (nSPS) is 10.8. The van der Waals surface area contributed by atoms with E-state index in [9.17, 15) is 9.59 Å². The van der Waals surface area contributed by atoms with Crippen LogP contribution in [0.1, 0.15) is 13.8 Å². The molecule has 0 aliphatic heterocycles. The second-order valence-corrected chi connectivity index (χ2v) is 3.73. The summed E-state index contributed by atoms with van der Waals surface area (Å²) in [5, 5.41) is 9.06. The van der Waals surface area contributed by atoms with E-state index in [1.54, 1.807) is 44.2 Å². The molecule has 0 heterocycles. The number of hydrogen-bond donors (Lipinski definition) is 1. The Morgan fingerprint density at radius 2 is 1.87 bits per heavy atom. The van der Waals surface area contributed by atoms with Crippen LogP contribution in [0.25, 0.3) is 0 Å². The molecule has 0 saturated carbocycles. The lowest BCUT2D eigenvalue weighted by molar-refractivity contribution is -0.111. The lowest BCUT2D eigenvalue weighted by atomic mass is 10.0. The third kappa shape index (κ3) is 2.34. The summed E-state index contributed by atoms with van der Waals surface area (Å²) in [7, 11) is 0. The lowest BCUT2D eigenvalue weighted by Gasteiger charge is -2.31. The number of carboxylic acid groups (broad SMARTS) is 1. The summed E-state index contributed by atoms with van der Waals surface area (Å²) in [4.78, 5) is 23.0. The van der Waals surface area contributed by atoms with Crippen molar-refractivity contribution in [2.45, 2.75) is 19.4 Å². The third-order valence-corrected chi connectivity index (χ3v) is 2.07. The number of nitrogens with zero attached hydrogens (tertiary/aromatic N) is 1. The molecule has 1 rings (SSSR count). The van der Waals surface area contributed by atoms with Crippen molar-refractivity contribution in [3.63, 3.8) is 0 Å². The number of hydrogen-bond acceptors (Lipinski definition) is 2. The molecule has 4 heteroatoms. The Morgan fingerprint density at radius 3 is 2.27 bits per heavy atom. The van der Waals surface area contributed by atoms with Crippen molar-refractivity contribution >= 4 is 18.1 Å². The fraction of sp³-hybridized carbons (Fsp3) is 0.273. The molecule has 0 unspecified atom stereocenters. The lowest BCUT2D eigenvalue weighted by Crippen LogP contribution is -2.48. The van der Waals surface area contributed by atoms with Crippen molar-refractivity contribution in [1.29, 1.82) is 0 Å². The smallest absolute Gasteiger partial charge is 0.412 e. The highest BCUT2D eigenvalue weighted by molar-refractivity contribution is 5.93. The predicted molar refractivity (Wildman–Crippen MR) is 57.1 cm³/mol. The standard InChI is InChI=1S/C11H13NO3/c1-11(2,8-13)12(10(14)15)9-6-4-3-5-7-9/h3-8H,1-2H3,(H,14,15). The van der Waals surface area contributed by atoms with E-state index in [-0.39, 0.29) is 0 Å². The molecule has 15 heavy (non-hydrogen) atoms. The monoisotopic (exact) mass is 207 g/mol. The minimum atomic E-state index is -1.14. The Hall–Kier alpha value is -1.84. The van der Waals surface area contributed by atoms with Gasteiger partial charge in [-0.2, -0.15) is 0 Å². The summed E-state index contributed by atoms with van der Waals surface area (Å²) in [6.07, 6.45) is -0.521. The molecule has 1 amide bonds. The van der Waals surface area contributed by atoms with Crippen molar-refractivity contribution in [2.24, 2.45) is 0 Å².